The van der Waals surface area contributed by atoms with Gasteiger partial charge in [0.15, 0.2) is 5.82 Å². The van der Waals surface area contributed by atoms with E-state index in [-0.39, 0.29) is 16.2 Å². The monoisotopic (exact) mass is 354 g/mol. The number of hydrogen-bond donors (Lipinski definition) is 3. The lowest BCUT2D eigenvalue weighted by Gasteiger charge is -2.05. The molecule has 0 radical (unpaired) electrons. The topological polar surface area (TPSA) is 65.1 Å². The Balaban J connectivity index is 2.77. The third-order valence-electron chi connectivity index (χ3n) is 2.04. The number of nitrogens with one attached hydrogen (secondary N) is 2. The van der Waals surface area contributed by atoms with Crippen LogP contribution in [-0.2, 0) is 0 Å². The molecule has 0 aliphatic rings. The Morgan fingerprint density at radius 1 is 1.62 bits per heavy atom. The molecule has 4 nitrogen and oxygen atoms in total. The first-order chi connectivity index (χ1) is 7.50. The summed E-state index contributed by atoms with van der Waals surface area (Å²) in [5, 5.41) is 11.2. The van der Waals surface area contributed by atoms with Gasteiger partial charge in [0.1, 0.15) is 0 Å². The zero-order chi connectivity index (χ0) is 11.9. The van der Waals surface area contributed by atoms with Crippen molar-refractivity contribution in [2.24, 2.45) is 0 Å². The van der Waals surface area contributed by atoms with Crippen LogP contribution in [0.5, 0.6) is 0 Å². The SMILES string of the molecule is O=C(O)Nc1cc(Cl)c(F)c2[nH]cc(I)c12. The van der Waals surface area contributed by atoms with Crippen molar-refractivity contribution < 1.29 is 14.3 Å². The second kappa shape index (κ2) is 4.10. The van der Waals surface area contributed by atoms with E-state index in [4.69, 9.17) is 16.7 Å². The van der Waals surface area contributed by atoms with Gasteiger partial charge in [-0.3, -0.25) is 5.32 Å². The number of carbonyl (C=O) groups is 1. The first kappa shape index (κ1) is 11.5. The normalized spacial score (nSPS) is 10.7. The molecule has 0 fully saturated rings. The molecule has 0 aliphatic carbocycles. The van der Waals surface area contributed by atoms with Crippen LogP contribution in [0.4, 0.5) is 14.9 Å². The van der Waals surface area contributed by atoms with Crippen molar-refractivity contribution in [1.29, 1.82) is 0 Å². The summed E-state index contributed by atoms with van der Waals surface area (Å²) in [7, 11) is 0. The van der Waals surface area contributed by atoms with Crippen LogP contribution < -0.4 is 5.32 Å². The minimum absolute atomic E-state index is 0.130. The van der Waals surface area contributed by atoms with Gasteiger partial charge in [-0.1, -0.05) is 11.6 Å². The molecular weight excluding hydrogens is 349 g/mol. The summed E-state index contributed by atoms with van der Waals surface area (Å²) < 4.78 is 14.3. The van der Waals surface area contributed by atoms with Gasteiger partial charge in [0.05, 0.1) is 16.2 Å². The molecule has 2 rings (SSSR count). The molecule has 16 heavy (non-hydrogen) atoms. The minimum atomic E-state index is -1.22. The van der Waals surface area contributed by atoms with Crippen LogP contribution >= 0.6 is 34.2 Å². The Hall–Kier alpha value is -1.02. The van der Waals surface area contributed by atoms with Gasteiger partial charge in [0.25, 0.3) is 0 Å². The summed E-state index contributed by atoms with van der Waals surface area (Å²) in [5.74, 6) is -0.587. The Labute approximate surface area is 108 Å². The highest BCUT2D eigenvalue weighted by Crippen LogP contribution is 2.34. The number of halogens is 3. The van der Waals surface area contributed by atoms with Crippen LogP contribution in [-0.4, -0.2) is 16.2 Å². The number of amides is 1. The van der Waals surface area contributed by atoms with E-state index in [1.807, 2.05) is 22.6 Å². The van der Waals surface area contributed by atoms with E-state index in [0.717, 1.165) is 0 Å². The van der Waals surface area contributed by atoms with Crippen LogP contribution in [0.1, 0.15) is 0 Å². The molecule has 1 aromatic carbocycles. The Kier molecular flexibility index (Phi) is 2.94. The van der Waals surface area contributed by atoms with Crippen molar-refractivity contribution in [2.75, 3.05) is 5.32 Å². The van der Waals surface area contributed by atoms with E-state index >= 15 is 0 Å². The quantitative estimate of drug-likeness (QED) is 0.684. The van der Waals surface area contributed by atoms with E-state index in [9.17, 15) is 9.18 Å². The van der Waals surface area contributed by atoms with E-state index in [2.05, 4.69) is 10.3 Å². The van der Waals surface area contributed by atoms with Crippen LogP contribution in [0.15, 0.2) is 12.3 Å². The smallest absolute Gasteiger partial charge is 0.409 e. The van der Waals surface area contributed by atoms with E-state index in [1.165, 1.54) is 6.07 Å². The summed E-state index contributed by atoms with van der Waals surface area (Å²) in [6.07, 6.45) is 0.360. The number of aromatic nitrogens is 1. The molecule has 1 heterocycles. The third-order valence-corrected chi connectivity index (χ3v) is 3.17. The van der Waals surface area contributed by atoms with Gasteiger partial charge in [0, 0.05) is 15.2 Å². The van der Waals surface area contributed by atoms with Gasteiger partial charge in [-0.25, -0.2) is 9.18 Å². The summed E-state index contributed by atoms with van der Waals surface area (Å²) in [6, 6.07) is 1.25. The lowest BCUT2D eigenvalue weighted by molar-refractivity contribution is 0.210. The maximum absolute atomic E-state index is 13.6. The molecule has 0 aliphatic heterocycles. The number of carboxylic acid groups (broad SMARTS) is 1. The fourth-order valence-corrected chi connectivity index (χ4v) is 2.35. The zero-order valence-corrected chi connectivity index (χ0v) is 10.6. The summed E-state index contributed by atoms with van der Waals surface area (Å²) in [4.78, 5) is 13.3. The molecule has 1 aromatic heterocycles. The van der Waals surface area contributed by atoms with Gasteiger partial charge < -0.3 is 10.1 Å². The highest BCUT2D eigenvalue weighted by Gasteiger charge is 2.15. The van der Waals surface area contributed by atoms with Crippen LogP contribution in [0.2, 0.25) is 5.02 Å². The zero-order valence-electron chi connectivity index (χ0n) is 7.64. The molecule has 0 spiro atoms. The average Bonchev–Trinajstić information content (AvgIpc) is 2.56. The molecule has 0 saturated carbocycles. The number of fused-ring (bicyclic) bond motifs is 1. The van der Waals surface area contributed by atoms with Crippen LogP contribution in [0.25, 0.3) is 10.9 Å². The van der Waals surface area contributed by atoms with Gasteiger partial charge in [-0.05, 0) is 28.7 Å². The fraction of sp³-hybridized carbons (Fsp3) is 0. The van der Waals surface area contributed by atoms with Crippen molar-refractivity contribution >= 4 is 56.9 Å². The molecule has 0 atom stereocenters. The van der Waals surface area contributed by atoms with Crippen LogP contribution in [0, 0.1) is 9.39 Å². The lowest BCUT2D eigenvalue weighted by atomic mass is 10.2. The summed E-state index contributed by atoms with van der Waals surface area (Å²) >= 11 is 7.64. The average molecular weight is 355 g/mol. The van der Waals surface area contributed by atoms with Crippen molar-refractivity contribution in [2.45, 2.75) is 0 Å². The first-order valence-electron chi connectivity index (χ1n) is 4.15. The molecule has 0 bridgehead atoms. The van der Waals surface area contributed by atoms with Gasteiger partial charge in [0.2, 0.25) is 0 Å². The fourth-order valence-electron chi connectivity index (χ4n) is 1.43. The number of anilines is 1. The van der Waals surface area contributed by atoms with Crippen molar-refractivity contribution in [3.8, 4) is 0 Å². The van der Waals surface area contributed by atoms with Crippen LogP contribution in [0.3, 0.4) is 0 Å². The Morgan fingerprint density at radius 3 is 2.94 bits per heavy atom. The maximum atomic E-state index is 13.6. The molecule has 2 aromatic rings. The molecular formula is C9H5ClFIN2O2. The highest BCUT2D eigenvalue weighted by atomic mass is 127. The first-order valence-corrected chi connectivity index (χ1v) is 5.61. The van der Waals surface area contributed by atoms with Crippen molar-refractivity contribution in [3.63, 3.8) is 0 Å². The molecule has 1 amide bonds. The predicted octanol–water partition coefficient (Wildman–Crippen LogP) is 3.65. The number of H-pyrrole nitrogens is 1. The van der Waals surface area contributed by atoms with Gasteiger partial charge >= 0.3 is 6.09 Å². The molecule has 7 heteroatoms. The molecule has 0 unspecified atom stereocenters. The molecule has 0 saturated heterocycles. The number of rotatable bonds is 1. The third kappa shape index (κ3) is 1.82. The van der Waals surface area contributed by atoms with Crippen molar-refractivity contribution in [3.05, 3.63) is 26.7 Å². The Morgan fingerprint density at radius 2 is 2.31 bits per heavy atom. The standard InChI is InChI=1S/C9H5ClFIN2O2/c10-3-1-5(14-9(15)16)6-4(12)2-13-8(6)7(3)11/h1-2,13-14H,(H,15,16). The second-order valence-corrected chi connectivity index (χ2v) is 4.61. The minimum Gasteiger partial charge on any atom is -0.465 e. The molecule has 3 N–H and O–H groups in total. The van der Waals surface area contributed by atoms with E-state index < -0.39 is 11.9 Å². The number of hydrogen-bond acceptors (Lipinski definition) is 1. The van der Waals surface area contributed by atoms with E-state index in [1.54, 1.807) is 6.20 Å². The summed E-state index contributed by atoms with van der Waals surface area (Å²) in [5.41, 5.74) is 0.459. The van der Waals surface area contributed by atoms with E-state index in [0.29, 0.717) is 8.96 Å². The Bertz CT molecular complexity index is 584. The predicted molar refractivity (Wildman–Crippen MR) is 67.6 cm³/mol. The highest BCUT2D eigenvalue weighted by molar-refractivity contribution is 14.1. The maximum Gasteiger partial charge on any atom is 0.409 e. The number of aromatic amines is 1. The second-order valence-electron chi connectivity index (χ2n) is 3.04. The number of benzene rings is 1. The molecule has 84 valence electrons. The largest absolute Gasteiger partial charge is 0.465 e. The lowest BCUT2D eigenvalue weighted by Crippen LogP contribution is -2.08. The van der Waals surface area contributed by atoms with Gasteiger partial charge in [-0.2, -0.15) is 0 Å². The summed E-state index contributed by atoms with van der Waals surface area (Å²) in [6.45, 7) is 0. The van der Waals surface area contributed by atoms with Gasteiger partial charge in [-0.15, -0.1) is 0 Å². The van der Waals surface area contributed by atoms with Crippen molar-refractivity contribution in [1.82, 2.24) is 4.98 Å².